The first kappa shape index (κ1) is 107. The summed E-state index contributed by atoms with van der Waals surface area (Å²) in [6, 6.07) is -6.94. The lowest BCUT2D eigenvalue weighted by Gasteiger charge is -2.51. The lowest BCUT2D eigenvalue weighted by Crippen LogP contribution is -2.72. The van der Waals surface area contributed by atoms with Gasteiger partial charge < -0.3 is 171 Å². The Morgan fingerprint density at radius 1 is 0.434 bits per heavy atom. The first-order valence-corrected chi connectivity index (χ1v) is 43.3. The van der Waals surface area contributed by atoms with Gasteiger partial charge in [0.15, 0.2) is 12.6 Å². The minimum absolute atomic E-state index is 0.138. The molecule has 4 amide bonds. The third-order valence-electron chi connectivity index (χ3n) is 23.0. The molecule has 5 saturated heterocycles. The summed E-state index contributed by atoms with van der Waals surface area (Å²) in [6.45, 7) is -0.0343. The maximum Gasteiger partial charge on any atom is 0.364 e. The van der Waals surface area contributed by atoms with Crippen molar-refractivity contribution in [2.45, 2.75) is 416 Å². The zero-order chi connectivity index (χ0) is 90.6. The van der Waals surface area contributed by atoms with E-state index in [2.05, 4.69) is 47.3 Å². The zero-order valence-electron chi connectivity index (χ0n) is 70.8. The number of carbonyl (C=O) groups excluding carboxylic acids is 4. The van der Waals surface area contributed by atoms with Gasteiger partial charge in [0.25, 0.3) is 17.4 Å². The van der Waals surface area contributed by atoms with Gasteiger partial charge in [-0.05, 0) is 38.5 Å². The molecule has 30 unspecified atom stereocenters. The average Bonchev–Trinajstić information content (AvgIpc) is 0.750. The minimum Gasteiger partial charge on any atom is -0.477 e. The predicted octanol–water partition coefficient (Wildman–Crippen LogP) is -2.49. The number of aliphatic carboxylic acids is 3. The van der Waals surface area contributed by atoms with E-state index in [1.54, 1.807) is 0 Å². The van der Waals surface area contributed by atoms with Crippen LogP contribution in [0.3, 0.4) is 0 Å². The quantitative estimate of drug-likeness (QED) is 0.0221. The van der Waals surface area contributed by atoms with Gasteiger partial charge in [-0.3, -0.25) is 19.2 Å². The Labute approximate surface area is 711 Å². The minimum atomic E-state index is -3.57. The van der Waals surface area contributed by atoms with Crippen molar-refractivity contribution in [3.8, 4) is 0 Å². The summed E-state index contributed by atoms with van der Waals surface area (Å²) in [5.74, 6) is -20.5. The number of aliphatic hydroxyl groups is 17. The molecule has 0 saturated carbocycles. The van der Waals surface area contributed by atoms with Crippen LogP contribution in [0.2, 0.25) is 0 Å². The van der Waals surface area contributed by atoms with Crippen molar-refractivity contribution in [2.75, 3.05) is 39.6 Å². The number of carboxylic acids is 3. The van der Waals surface area contributed by atoms with E-state index in [1.165, 1.54) is 70.6 Å². The van der Waals surface area contributed by atoms with Gasteiger partial charge in [-0.2, -0.15) is 0 Å². The highest BCUT2D eigenvalue weighted by molar-refractivity contribution is 5.79. The normalized spacial score (nSPS) is 32.8. The Bertz CT molecular complexity index is 3100. The maximum atomic E-state index is 13.8. The zero-order valence-corrected chi connectivity index (χ0v) is 70.8. The number of rotatable bonds is 59. The molecule has 5 aliphatic rings. The number of ether oxygens (including phenoxy) is 10. The third kappa shape index (κ3) is 31.7. The molecule has 0 aromatic heterocycles. The van der Waals surface area contributed by atoms with Crippen LogP contribution in [0.1, 0.15) is 234 Å². The van der Waals surface area contributed by atoms with E-state index in [0.717, 1.165) is 104 Å². The number of nitrogens with one attached hydrogen (secondary N) is 4. The molecule has 0 aromatic carbocycles. The lowest BCUT2D eigenvalue weighted by atomic mass is 9.86. The van der Waals surface area contributed by atoms with Crippen LogP contribution in [0.5, 0.6) is 0 Å². The van der Waals surface area contributed by atoms with Crippen molar-refractivity contribution in [1.29, 1.82) is 0 Å². The fourth-order valence-electron chi connectivity index (χ4n) is 16.1. The molecule has 0 aliphatic carbocycles. The second kappa shape index (κ2) is 54.3. The summed E-state index contributed by atoms with van der Waals surface area (Å²) in [5, 5.41) is 235. The molecular weight excluding hydrogens is 1620 g/mol. The van der Waals surface area contributed by atoms with E-state index in [0.29, 0.717) is 12.8 Å². The number of hydrogen-bond acceptors (Lipinski definition) is 34. The number of carbonyl (C=O) groups is 7. The van der Waals surface area contributed by atoms with Crippen molar-refractivity contribution < 1.29 is 183 Å². The Morgan fingerprint density at radius 2 is 0.820 bits per heavy atom. The highest BCUT2D eigenvalue weighted by Crippen LogP contribution is 2.43. The van der Waals surface area contributed by atoms with Crippen molar-refractivity contribution >= 4 is 41.5 Å². The number of aliphatic hydroxyl groups excluding tert-OH is 17. The Morgan fingerprint density at radius 3 is 1.23 bits per heavy atom. The Balaban J connectivity index is 1.35. The molecule has 5 fully saturated rings. The Kier molecular flexibility index (Phi) is 47.9. The fourth-order valence-corrected chi connectivity index (χ4v) is 16.1. The molecule has 0 radical (unpaired) electrons. The molecule has 41 heteroatoms. The van der Waals surface area contributed by atoms with Crippen LogP contribution in [-0.4, -0.2) is 366 Å². The van der Waals surface area contributed by atoms with Crippen LogP contribution >= 0.6 is 0 Å². The summed E-state index contributed by atoms with van der Waals surface area (Å²) in [4.78, 5) is 92.1. The maximum absolute atomic E-state index is 13.8. The second-order valence-electron chi connectivity index (χ2n) is 32.9. The number of allylic oxidation sites excluding steroid dienone is 2. The molecule has 5 aliphatic heterocycles. The van der Waals surface area contributed by atoms with Gasteiger partial charge in [-0.1, -0.05) is 161 Å². The standard InChI is InChI=1S/C81H142N4O37/c1-6-8-10-12-14-16-18-20-21-23-25-27-29-31-33-35-58(99)85-48(49(94)34-32-30-28-26-24-22-19-17-15-13-11-9-7-2)44-113-74-67(105)66(104)69(57(43-90)115-74)116-75-68(106)73(63(101)54(40-87)114-75)122-81(78(111)112)38-52(97)61(84-47(5)93)72(121-81)65(103)56(42-89)118-80(77(109)110)37-51(96)60(83-46(4)92)71(120-80)64(102)55(41-88)117-79(76(107)108)36-50(95)59(82-45(3)91)70(119-79)62(100)53(98)39-86/h16,18,48-57,59-75,86-90,94-98,100-106H,6-15,17,19-44H2,1-5H3,(H,82,91)(H,83,92)(H,84,93)(H,85,99)(H,107,108)(H,109,110)(H,111,112). The summed E-state index contributed by atoms with van der Waals surface area (Å²) < 4.78 is 58.3. The first-order valence-electron chi connectivity index (χ1n) is 43.3. The lowest BCUT2D eigenvalue weighted by molar-refractivity contribution is -0.388. The van der Waals surface area contributed by atoms with Gasteiger partial charge >= 0.3 is 17.9 Å². The van der Waals surface area contributed by atoms with Gasteiger partial charge in [0.2, 0.25) is 23.6 Å². The molecular formula is C81H142N4O37. The smallest absolute Gasteiger partial charge is 0.364 e. The molecule has 0 bridgehead atoms. The summed E-state index contributed by atoms with van der Waals surface area (Å²) in [5.41, 5.74) is 0. The van der Waals surface area contributed by atoms with E-state index >= 15 is 0 Å². The average molecular weight is 1760 g/mol. The van der Waals surface area contributed by atoms with Crippen molar-refractivity contribution in [3.05, 3.63) is 12.2 Å². The Hall–Kier alpha value is -5.05. The molecule has 708 valence electrons. The van der Waals surface area contributed by atoms with Crippen LogP contribution < -0.4 is 21.3 Å². The van der Waals surface area contributed by atoms with Crippen LogP contribution in [0.15, 0.2) is 12.2 Å². The van der Waals surface area contributed by atoms with Gasteiger partial charge in [0, 0.05) is 46.5 Å². The van der Waals surface area contributed by atoms with Crippen LogP contribution in [0.4, 0.5) is 0 Å². The van der Waals surface area contributed by atoms with Crippen molar-refractivity contribution in [1.82, 2.24) is 21.3 Å². The third-order valence-corrected chi connectivity index (χ3v) is 23.0. The van der Waals surface area contributed by atoms with E-state index in [1.807, 2.05) is 0 Å². The van der Waals surface area contributed by atoms with E-state index in [4.69, 9.17) is 47.4 Å². The SMILES string of the molecule is CCCCCCC=CCCCCCCCCCC(=O)NC(COC1OC(CO)C(OC2OC(CO)C(O)C(OC3(C(=O)O)CC(O)C(NC(C)=O)C(C(O)C(CO)OC4(C(=O)O)CC(O)C(NC(C)=O)C(C(O)C(CO)OC5(C(=O)O)CC(O)C(NC(C)=O)C(C(O)C(O)CO)O5)O4)O3)C2O)C(O)C1O)C(O)CCCCCCCCCCCCCCC. The summed E-state index contributed by atoms with van der Waals surface area (Å²) in [6.07, 6.45) is -22.9. The fraction of sp³-hybridized carbons (Fsp3) is 0.889. The van der Waals surface area contributed by atoms with Crippen molar-refractivity contribution in [3.63, 3.8) is 0 Å². The number of unbranched alkanes of at least 4 members (excludes halogenated alkanes) is 23. The molecule has 41 nitrogen and oxygen atoms in total. The molecule has 0 aromatic rings. The van der Waals surface area contributed by atoms with Crippen LogP contribution in [0, 0.1) is 0 Å². The molecule has 122 heavy (non-hydrogen) atoms. The molecule has 24 N–H and O–H groups in total. The summed E-state index contributed by atoms with van der Waals surface area (Å²) in [7, 11) is 0. The number of carboxylic acid groups (broad SMARTS) is 3. The molecule has 30 atom stereocenters. The van der Waals surface area contributed by atoms with Gasteiger partial charge in [0.05, 0.1) is 88.2 Å². The van der Waals surface area contributed by atoms with Gasteiger partial charge in [-0.15, -0.1) is 0 Å². The summed E-state index contributed by atoms with van der Waals surface area (Å²) >= 11 is 0. The number of hydrogen-bond donors (Lipinski definition) is 24. The second-order valence-corrected chi connectivity index (χ2v) is 32.9. The van der Waals surface area contributed by atoms with Crippen molar-refractivity contribution in [2.24, 2.45) is 0 Å². The highest BCUT2D eigenvalue weighted by atomic mass is 16.8. The highest BCUT2D eigenvalue weighted by Gasteiger charge is 2.64. The topological polar surface area (TPSA) is 665 Å². The molecule has 5 rings (SSSR count). The van der Waals surface area contributed by atoms with E-state index in [9.17, 15) is 136 Å². The van der Waals surface area contributed by atoms with Gasteiger partial charge in [0.1, 0.15) is 104 Å². The van der Waals surface area contributed by atoms with Gasteiger partial charge in [-0.25, -0.2) is 14.4 Å². The molecule has 0 spiro atoms. The van der Waals surface area contributed by atoms with Crippen LogP contribution in [-0.2, 0) is 80.9 Å². The predicted molar refractivity (Wildman–Crippen MR) is 424 cm³/mol. The monoisotopic (exact) mass is 1760 g/mol. The van der Waals surface area contributed by atoms with E-state index in [-0.39, 0.29) is 18.7 Å². The van der Waals surface area contributed by atoms with E-state index < -0.39 is 277 Å². The largest absolute Gasteiger partial charge is 0.477 e. The number of amides is 4. The molecule has 5 heterocycles. The first-order chi connectivity index (χ1) is 58.0. The van der Waals surface area contributed by atoms with Crippen LogP contribution in [0.25, 0.3) is 0 Å².